The average Bonchev–Trinajstić information content (AvgIpc) is 2.28. The van der Waals surface area contributed by atoms with E-state index in [0.29, 0.717) is 17.5 Å². The topological polar surface area (TPSA) is 58.4 Å². The summed E-state index contributed by atoms with van der Waals surface area (Å²) in [5, 5.41) is 3.02. The van der Waals surface area contributed by atoms with Crippen molar-refractivity contribution >= 4 is 23.1 Å². The summed E-state index contributed by atoms with van der Waals surface area (Å²) >= 11 is 5.08. The Bertz CT molecular complexity index is 307. The van der Waals surface area contributed by atoms with E-state index in [4.69, 9.17) is 18.0 Å². The summed E-state index contributed by atoms with van der Waals surface area (Å²) in [7, 11) is 0. The van der Waals surface area contributed by atoms with Gasteiger partial charge in [-0.15, -0.1) is 0 Å². The second kappa shape index (κ2) is 7.04. The lowest BCUT2D eigenvalue weighted by Gasteiger charge is -2.34. The first-order valence-electron chi connectivity index (χ1n) is 6.74. The molecule has 4 nitrogen and oxygen atoms in total. The fourth-order valence-electron chi connectivity index (χ4n) is 2.15. The Hall–Kier alpha value is -0.680. The van der Waals surface area contributed by atoms with Crippen LogP contribution in [0.15, 0.2) is 0 Å². The molecule has 0 aromatic carbocycles. The largest absolute Gasteiger partial charge is 0.392 e. The molecule has 18 heavy (non-hydrogen) atoms. The number of thiocarbonyl (C=S) groups is 1. The van der Waals surface area contributed by atoms with Gasteiger partial charge in [-0.1, -0.05) is 32.5 Å². The highest BCUT2D eigenvalue weighted by Crippen LogP contribution is 2.16. The van der Waals surface area contributed by atoms with Gasteiger partial charge in [-0.2, -0.15) is 0 Å². The van der Waals surface area contributed by atoms with Crippen LogP contribution in [0, 0.1) is 5.92 Å². The molecule has 1 saturated heterocycles. The molecule has 1 amide bonds. The lowest BCUT2D eigenvalue weighted by molar-refractivity contribution is -0.123. The molecule has 0 aliphatic carbocycles. The number of nitrogens with one attached hydrogen (secondary N) is 1. The van der Waals surface area contributed by atoms with Crippen LogP contribution in [-0.4, -0.2) is 41.0 Å². The van der Waals surface area contributed by atoms with E-state index in [-0.39, 0.29) is 18.0 Å². The summed E-state index contributed by atoms with van der Waals surface area (Å²) in [6, 6.07) is 0.291. The highest BCUT2D eigenvalue weighted by Gasteiger charge is 2.26. The normalized spacial score (nSPS) is 22.8. The Balaban J connectivity index is 2.48. The van der Waals surface area contributed by atoms with Crippen molar-refractivity contribution in [2.24, 2.45) is 11.7 Å². The van der Waals surface area contributed by atoms with Crippen LogP contribution in [0.5, 0.6) is 0 Å². The SMILES string of the molecule is CC(C)C(C)NC(=O)CN1CCCCC1C(N)=S. The van der Waals surface area contributed by atoms with Gasteiger partial charge in [0.15, 0.2) is 0 Å². The highest BCUT2D eigenvalue weighted by molar-refractivity contribution is 7.80. The van der Waals surface area contributed by atoms with E-state index >= 15 is 0 Å². The smallest absolute Gasteiger partial charge is 0.234 e. The van der Waals surface area contributed by atoms with Gasteiger partial charge in [-0.3, -0.25) is 9.69 Å². The molecule has 1 fully saturated rings. The van der Waals surface area contributed by atoms with Gasteiger partial charge >= 0.3 is 0 Å². The van der Waals surface area contributed by atoms with Crippen molar-refractivity contribution < 1.29 is 4.79 Å². The van der Waals surface area contributed by atoms with Gasteiger partial charge in [0, 0.05) is 6.04 Å². The van der Waals surface area contributed by atoms with Gasteiger partial charge in [0.05, 0.1) is 17.6 Å². The summed E-state index contributed by atoms with van der Waals surface area (Å²) in [5.74, 6) is 0.515. The van der Waals surface area contributed by atoms with Gasteiger partial charge in [-0.25, -0.2) is 0 Å². The molecule has 1 aliphatic rings. The van der Waals surface area contributed by atoms with Crippen molar-refractivity contribution in [2.75, 3.05) is 13.1 Å². The van der Waals surface area contributed by atoms with Crippen LogP contribution in [0.1, 0.15) is 40.0 Å². The second-order valence-corrected chi connectivity index (χ2v) is 5.96. The zero-order chi connectivity index (χ0) is 13.7. The van der Waals surface area contributed by atoms with Crippen LogP contribution in [0.25, 0.3) is 0 Å². The van der Waals surface area contributed by atoms with Gasteiger partial charge in [-0.05, 0) is 32.2 Å². The quantitative estimate of drug-likeness (QED) is 0.740. The molecule has 0 bridgehead atoms. The summed E-state index contributed by atoms with van der Waals surface area (Å²) in [6.45, 7) is 7.54. The first-order valence-corrected chi connectivity index (χ1v) is 7.15. The van der Waals surface area contributed by atoms with Crippen molar-refractivity contribution in [3.63, 3.8) is 0 Å². The molecule has 104 valence electrons. The van der Waals surface area contributed by atoms with Crippen LogP contribution in [0.3, 0.4) is 0 Å². The third kappa shape index (κ3) is 4.53. The van der Waals surface area contributed by atoms with Crippen molar-refractivity contribution in [2.45, 2.75) is 52.1 Å². The van der Waals surface area contributed by atoms with Gasteiger partial charge < -0.3 is 11.1 Å². The Morgan fingerprint density at radius 1 is 1.44 bits per heavy atom. The highest BCUT2D eigenvalue weighted by atomic mass is 32.1. The van der Waals surface area contributed by atoms with Crippen LogP contribution in [-0.2, 0) is 4.79 Å². The summed E-state index contributed by atoms with van der Waals surface area (Å²) < 4.78 is 0. The number of carbonyl (C=O) groups is 1. The maximum Gasteiger partial charge on any atom is 0.234 e. The maximum absolute atomic E-state index is 12.0. The molecule has 0 aromatic rings. The van der Waals surface area contributed by atoms with Crippen molar-refractivity contribution in [1.82, 2.24) is 10.2 Å². The van der Waals surface area contributed by atoms with E-state index in [1.807, 2.05) is 6.92 Å². The second-order valence-electron chi connectivity index (χ2n) is 5.48. The lowest BCUT2D eigenvalue weighted by Crippen LogP contribution is -2.51. The maximum atomic E-state index is 12.0. The number of piperidine rings is 1. The van der Waals surface area contributed by atoms with Gasteiger partial charge in [0.1, 0.15) is 0 Å². The van der Waals surface area contributed by atoms with E-state index in [2.05, 4.69) is 24.1 Å². The molecule has 0 aromatic heterocycles. The average molecular weight is 271 g/mol. The first kappa shape index (κ1) is 15.4. The van der Waals surface area contributed by atoms with Crippen LogP contribution < -0.4 is 11.1 Å². The Labute approximate surface area is 115 Å². The molecule has 3 N–H and O–H groups in total. The van der Waals surface area contributed by atoms with Crippen molar-refractivity contribution in [3.05, 3.63) is 0 Å². The summed E-state index contributed by atoms with van der Waals surface area (Å²) in [5.41, 5.74) is 5.74. The molecule has 0 saturated carbocycles. The minimum atomic E-state index is 0.0688. The van der Waals surface area contributed by atoms with E-state index in [9.17, 15) is 4.79 Å². The number of hydrogen-bond donors (Lipinski definition) is 2. The minimum absolute atomic E-state index is 0.0688. The third-order valence-corrected chi connectivity index (χ3v) is 3.95. The Morgan fingerprint density at radius 3 is 2.67 bits per heavy atom. The third-order valence-electron chi connectivity index (χ3n) is 3.68. The number of nitrogens with zero attached hydrogens (tertiary/aromatic N) is 1. The molecule has 0 radical (unpaired) electrons. The van der Waals surface area contributed by atoms with Crippen LogP contribution >= 0.6 is 12.2 Å². The number of amides is 1. The predicted molar refractivity (Wildman–Crippen MR) is 78.4 cm³/mol. The predicted octanol–water partition coefficient (Wildman–Crippen LogP) is 1.29. The Kier molecular flexibility index (Phi) is 6.02. The molecule has 2 unspecified atom stereocenters. The number of likely N-dealkylation sites (tertiary alicyclic amines) is 1. The van der Waals surface area contributed by atoms with Crippen molar-refractivity contribution in [1.29, 1.82) is 0 Å². The zero-order valence-corrected chi connectivity index (χ0v) is 12.4. The fourth-order valence-corrected chi connectivity index (χ4v) is 2.42. The summed E-state index contributed by atoms with van der Waals surface area (Å²) in [6.07, 6.45) is 3.23. The standard InChI is InChI=1S/C13H25N3OS/c1-9(2)10(3)15-12(17)8-16-7-5-4-6-11(16)13(14)18/h9-11H,4-8H2,1-3H3,(H2,14,18)(H,15,17). The fraction of sp³-hybridized carbons (Fsp3) is 0.846. The van der Waals surface area contributed by atoms with Gasteiger partial charge in [0.25, 0.3) is 0 Å². The molecule has 1 heterocycles. The molecular formula is C13H25N3OS. The van der Waals surface area contributed by atoms with Gasteiger partial charge in [0.2, 0.25) is 5.91 Å². The molecular weight excluding hydrogens is 246 g/mol. The first-order chi connectivity index (χ1) is 8.41. The van der Waals surface area contributed by atoms with Crippen molar-refractivity contribution in [3.8, 4) is 0 Å². The lowest BCUT2D eigenvalue weighted by atomic mass is 10.0. The Morgan fingerprint density at radius 2 is 2.11 bits per heavy atom. The van der Waals surface area contributed by atoms with Crippen LogP contribution in [0.4, 0.5) is 0 Å². The zero-order valence-electron chi connectivity index (χ0n) is 11.6. The number of hydrogen-bond acceptors (Lipinski definition) is 3. The minimum Gasteiger partial charge on any atom is -0.392 e. The summed E-state index contributed by atoms with van der Waals surface area (Å²) in [4.78, 5) is 14.6. The number of nitrogens with two attached hydrogens (primary N) is 1. The van der Waals surface area contributed by atoms with E-state index in [0.717, 1.165) is 25.8 Å². The monoisotopic (exact) mass is 271 g/mol. The molecule has 1 rings (SSSR count). The van der Waals surface area contributed by atoms with E-state index < -0.39 is 0 Å². The number of rotatable bonds is 5. The molecule has 5 heteroatoms. The molecule has 2 atom stereocenters. The molecule has 1 aliphatic heterocycles. The van der Waals surface area contributed by atoms with E-state index in [1.165, 1.54) is 0 Å². The number of carbonyl (C=O) groups excluding carboxylic acids is 1. The molecule has 0 spiro atoms. The van der Waals surface area contributed by atoms with Crippen LogP contribution in [0.2, 0.25) is 0 Å². The van der Waals surface area contributed by atoms with E-state index in [1.54, 1.807) is 0 Å².